The van der Waals surface area contributed by atoms with E-state index in [1.54, 1.807) is 0 Å². The average Bonchev–Trinajstić information content (AvgIpc) is 2.12. The first-order valence-corrected chi connectivity index (χ1v) is 4.80. The highest BCUT2D eigenvalue weighted by Gasteiger charge is 2.39. The maximum Gasteiger partial charge on any atom is 0.114 e. The number of hydrogen-bond donors (Lipinski definition) is 3. The van der Waals surface area contributed by atoms with Crippen LogP contribution in [0.5, 0.6) is 0 Å². The molecule has 1 rings (SSSR count). The van der Waals surface area contributed by atoms with E-state index < -0.39 is 24.4 Å². The van der Waals surface area contributed by atoms with Gasteiger partial charge in [0.1, 0.15) is 24.4 Å². The first-order chi connectivity index (χ1) is 6.56. The minimum absolute atomic E-state index is 0.0817. The molecule has 5 heteroatoms. The van der Waals surface area contributed by atoms with E-state index in [0.29, 0.717) is 0 Å². The summed E-state index contributed by atoms with van der Waals surface area (Å²) >= 11 is 0. The Kier molecular flexibility index (Phi) is 4.28. The van der Waals surface area contributed by atoms with Gasteiger partial charge >= 0.3 is 0 Å². The molecular weight excluding hydrogens is 188 g/mol. The van der Waals surface area contributed by atoms with Crippen LogP contribution in [0.25, 0.3) is 0 Å². The molecule has 0 aliphatic carbocycles. The third-order valence-electron chi connectivity index (χ3n) is 2.19. The van der Waals surface area contributed by atoms with E-state index in [9.17, 15) is 10.2 Å². The third-order valence-corrected chi connectivity index (χ3v) is 2.19. The van der Waals surface area contributed by atoms with Crippen LogP contribution in [0.2, 0.25) is 0 Å². The Morgan fingerprint density at radius 1 is 1.43 bits per heavy atom. The van der Waals surface area contributed by atoms with Crippen LogP contribution in [0.3, 0.4) is 0 Å². The molecule has 14 heavy (non-hydrogen) atoms. The molecule has 4 unspecified atom stereocenters. The molecule has 1 aliphatic heterocycles. The third kappa shape index (κ3) is 2.65. The van der Waals surface area contributed by atoms with Crippen LogP contribution in [0.1, 0.15) is 13.8 Å². The van der Waals surface area contributed by atoms with Crippen molar-refractivity contribution in [1.82, 2.24) is 0 Å². The van der Waals surface area contributed by atoms with Crippen molar-refractivity contribution in [3.63, 3.8) is 0 Å². The second-order valence-corrected chi connectivity index (χ2v) is 3.76. The zero-order valence-electron chi connectivity index (χ0n) is 8.46. The van der Waals surface area contributed by atoms with Crippen molar-refractivity contribution in [3.05, 3.63) is 0 Å². The molecule has 84 valence electrons. The van der Waals surface area contributed by atoms with Gasteiger partial charge in [-0.3, -0.25) is 0 Å². The molecule has 1 fully saturated rings. The molecule has 3 N–H and O–H groups in total. The molecule has 1 heterocycles. The van der Waals surface area contributed by atoms with Crippen LogP contribution in [0.15, 0.2) is 0 Å². The van der Waals surface area contributed by atoms with Crippen LogP contribution in [-0.2, 0) is 9.47 Å². The molecular formula is C9H18O5. The highest BCUT2D eigenvalue weighted by Crippen LogP contribution is 2.19. The summed E-state index contributed by atoms with van der Waals surface area (Å²) in [6.45, 7) is 3.46. The monoisotopic (exact) mass is 206 g/mol. The Morgan fingerprint density at radius 2 is 2.07 bits per heavy atom. The minimum atomic E-state index is -0.980. The molecule has 4 atom stereocenters. The zero-order valence-corrected chi connectivity index (χ0v) is 8.46. The summed E-state index contributed by atoms with van der Waals surface area (Å²) in [5.41, 5.74) is 0. The quantitative estimate of drug-likeness (QED) is 0.546. The van der Waals surface area contributed by atoms with Gasteiger partial charge in [-0.05, 0) is 13.8 Å². The van der Waals surface area contributed by atoms with Gasteiger partial charge in [0.05, 0.1) is 19.3 Å². The summed E-state index contributed by atoms with van der Waals surface area (Å²) in [7, 11) is 0. The summed E-state index contributed by atoms with van der Waals surface area (Å²) in [5.74, 6) is 0. The maximum absolute atomic E-state index is 9.68. The van der Waals surface area contributed by atoms with Crippen molar-refractivity contribution in [1.29, 1.82) is 0 Å². The lowest BCUT2D eigenvalue weighted by Gasteiger charge is -2.38. The van der Waals surface area contributed by atoms with E-state index in [-0.39, 0.29) is 19.3 Å². The Morgan fingerprint density at radius 3 is 2.57 bits per heavy atom. The molecule has 0 aromatic heterocycles. The standard InChI is InChI=1S/C9H18O5/c1-5(2)14-9-6(11)4-13-7(3-10)8(9)12/h5-12H,3-4H2,1-2H3. The van der Waals surface area contributed by atoms with Gasteiger partial charge in [0.15, 0.2) is 0 Å². The van der Waals surface area contributed by atoms with Gasteiger partial charge in [-0.25, -0.2) is 0 Å². The van der Waals surface area contributed by atoms with Crippen molar-refractivity contribution in [2.45, 2.75) is 44.4 Å². The topological polar surface area (TPSA) is 79.2 Å². The minimum Gasteiger partial charge on any atom is -0.394 e. The van der Waals surface area contributed by atoms with Crippen LogP contribution in [-0.4, -0.2) is 59.1 Å². The highest BCUT2D eigenvalue weighted by molar-refractivity contribution is 4.87. The largest absolute Gasteiger partial charge is 0.394 e. The molecule has 1 saturated heterocycles. The van der Waals surface area contributed by atoms with Crippen LogP contribution in [0.4, 0.5) is 0 Å². The lowest BCUT2D eigenvalue weighted by molar-refractivity contribution is -0.219. The first-order valence-electron chi connectivity index (χ1n) is 4.80. The molecule has 0 bridgehead atoms. The van der Waals surface area contributed by atoms with Gasteiger partial charge in [-0.2, -0.15) is 0 Å². The van der Waals surface area contributed by atoms with E-state index in [0.717, 1.165) is 0 Å². The van der Waals surface area contributed by atoms with Gasteiger partial charge in [0, 0.05) is 0 Å². The number of hydrogen-bond acceptors (Lipinski definition) is 5. The van der Waals surface area contributed by atoms with Crippen molar-refractivity contribution in [3.8, 4) is 0 Å². The SMILES string of the molecule is CC(C)OC1C(O)COC(CO)C1O. The number of aliphatic hydroxyl groups is 3. The van der Waals surface area contributed by atoms with Crippen molar-refractivity contribution >= 4 is 0 Å². The summed E-state index contributed by atoms with van der Waals surface area (Å²) < 4.78 is 10.4. The van der Waals surface area contributed by atoms with Gasteiger partial charge in [0.2, 0.25) is 0 Å². The second-order valence-electron chi connectivity index (χ2n) is 3.76. The molecule has 0 aromatic carbocycles. The molecule has 5 nitrogen and oxygen atoms in total. The summed E-state index contributed by atoms with van der Waals surface area (Å²) in [6, 6.07) is 0. The Labute approximate surface area is 83.3 Å². The van der Waals surface area contributed by atoms with Crippen molar-refractivity contribution < 1.29 is 24.8 Å². The first kappa shape index (κ1) is 11.9. The Hall–Kier alpha value is -0.200. The maximum atomic E-state index is 9.68. The fraction of sp³-hybridized carbons (Fsp3) is 1.00. The molecule has 0 aromatic rings. The van der Waals surface area contributed by atoms with Crippen LogP contribution < -0.4 is 0 Å². The van der Waals surface area contributed by atoms with E-state index in [1.165, 1.54) is 0 Å². The number of rotatable bonds is 3. The average molecular weight is 206 g/mol. The normalized spacial score (nSPS) is 39.0. The van der Waals surface area contributed by atoms with Gasteiger partial charge in [-0.15, -0.1) is 0 Å². The highest BCUT2D eigenvalue weighted by atomic mass is 16.6. The van der Waals surface area contributed by atoms with Crippen molar-refractivity contribution in [2.75, 3.05) is 13.2 Å². The molecule has 1 aliphatic rings. The molecule has 0 spiro atoms. The Balaban J connectivity index is 2.58. The second kappa shape index (κ2) is 5.04. The lowest BCUT2D eigenvalue weighted by atomic mass is 10.00. The van der Waals surface area contributed by atoms with E-state index >= 15 is 0 Å². The summed E-state index contributed by atoms with van der Waals surface area (Å²) in [5, 5.41) is 28.1. The number of aliphatic hydroxyl groups excluding tert-OH is 3. The van der Waals surface area contributed by atoms with E-state index in [4.69, 9.17) is 14.6 Å². The summed E-state index contributed by atoms with van der Waals surface area (Å²) in [6.07, 6.45) is -3.24. The fourth-order valence-corrected chi connectivity index (χ4v) is 1.50. The molecule has 0 radical (unpaired) electrons. The van der Waals surface area contributed by atoms with Gasteiger partial charge in [-0.1, -0.05) is 0 Å². The predicted octanol–water partition coefficient (Wildman–Crippen LogP) is -1.11. The Bertz CT molecular complexity index is 173. The predicted molar refractivity (Wildman–Crippen MR) is 48.8 cm³/mol. The lowest BCUT2D eigenvalue weighted by Crippen LogP contribution is -2.55. The van der Waals surface area contributed by atoms with Crippen LogP contribution >= 0.6 is 0 Å². The van der Waals surface area contributed by atoms with E-state index in [2.05, 4.69) is 0 Å². The summed E-state index contributed by atoms with van der Waals surface area (Å²) in [4.78, 5) is 0. The van der Waals surface area contributed by atoms with Crippen molar-refractivity contribution in [2.24, 2.45) is 0 Å². The van der Waals surface area contributed by atoms with Gasteiger partial charge < -0.3 is 24.8 Å². The number of ether oxygens (including phenoxy) is 2. The fourth-order valence-electron chi connectivity index (χ4n) is 1.50. The van der Waals surface area contributed by atoms with E-state index in [1.807, 2.05) is 13.8 Å². The van der Waals surface area contributed by atoms with Crippen LogP contribution in [0, 0.1) is 0 Å². The molecule has 0 amide bonds. The zero-order chi connectivity index (χ0) is 10.7. The molecule has 0 saturated carbocycles. The van der Waals surface area contributed by atoms with Gasteiger partial charge in [0.25, 0.3) is 0 Å². The smallest absolute Gasteiger partial charge is 0.114 e.